The Labute approximate surface area is 104 Å². The summed E-state index contributed by atoms with van der Waals surface area (Å²) < 4.78 is 54.0. The first kappa shape index (κ1) is 14.1. The molecule has 0 fully saturated rings. The predicted molar refractivity (Wildman–Crippen MR) is 52.7 cm³/mol. The van der Waals surface area contributed by atoms with Crippen molar-refractivity contribution in [2.75, 3.05) is 0 Å². The van der Waals surface area contributed by atoms with E-state index in [4.69, 9.17) is 21.2 Å². The van der Waals surface area contributed by atoms with Gasteiger partial charge in [0.1, 0.15) is 11.8 Å². The third-order valence-corrected chi connectivity index (χ3v) is 2.21. The molecule has 4 nitrogen and oxygen atoms in total. The molecule has 0 heterocycles. The number of rotatable bonds is 2. The van der Waals surface area contributed by atoms with Crippen LogP contribution in [0.15, 0.2) is 0 Å². The molecule has 1 rings (SSSR count). The molecular weight excluding hydrogens is 264 g/mol. The standard InChI is InChI=1S/C11H2F4N4/c12-8-6(4(1-16)2-17)9(13)11(15)7(10(8)14)5(19)3-18/h4,19H. The van der Waals surface area contributed by atoms with E-state index in [0.717, 1.165) is 6.07 Å². The zero-order valence-electron chi connectivity index (χ0n) is 8.93. The minimum atomic E-state index is -2.05. The van der Waals surface area contributed by atoms with Gasteiger partial charge in [0.2, 0.25) is 0 Å². The molecule has 1 aromatic rings. The molecule has 0 aliphatic carbocycles. The van der Waals surface area contributed by atoms with E-state index < -0.39 is 46.0 Å². The highest BCUT2D eigenvalue weighted by atomic mass is 19.2. The van der Waals surface area contributed by atoms with Crippen molar-refractivity contribution in [2.24, 2.45) is 0 Å². The Morgan fingerprint density at radius 2 is 1.32 bits per heavy atom. The Hall–Kier alpha value is -2.92. The molecule has 0 spiro atoms. The number of nitriles is 3. The van der Waals surface area contributed by atoms with E-state index in [1.165, 1.54) is 12.1 Å². The summed E-state index contributed by atoms with van der Waals surface area (Å²) in [7, 11) is 0. The molecule has 1 aromatic carbocycles. The molecule has 0 aromatic heterocycles. The molecule has 1 N–H and O–H groups in total. The lowest BCUT2D eigenvalue weighted by molar-refractivity contribution is 0.437. The van der Waals surface area contributed by atoms with Crippen LogP contribution in [-0.2, 0) is 0 Å². The van der Waals surface area contributed by atoms with Crippen LogP contribution in [0.25, 0.3) is 0 Å². The Morgan fingerprint density at radius 1 is 0.895 bits per heavy atom. The van der Waals surface area contributed by atoms with Gasteiger partial charge in [0, 0.05) is 0 Å². The van der Waals surface area contributed by atoms with Crippen molar-refractivity contribution >= 4 is 5.71 Å². The summed E-state index contributed by atoms with van der Waals surface area (Å²) in [6.45, 7) is 0. The van der Waals surface area contributed by atoms with E-state index in [2.05, 4.69) is 0 Å². The fourth-order valence-corrected chi connectivity index (χ4v) is 1.34. The second kappa shape index (κ2) is 5.16. The molecule has 8 heteroatoms. The van der Waals surface area contributed by atoms with Crippen LogP contribution in [0.2, 0.25) is 0 Å². The summed E-state index contributed by atoms with van der Waals surface area (Å²) in [5, 5.41) is 32.2. The molecule has 0 saturated carbocycles. The highest BCUT2D eigenvalue weighted by Crippen LogP contribution is 2.29. The number of halogens is 4. The Morgan fingerprint density at radius 3 is 1.63 bits per heavy atom. The van der Waals surface area contributed by atoms with Gasteiger partial charge >= 0.3 is 0 Å². The van der Waals surface area contributed by atoms with Gasteiger partial charge in [-0.05, 0) is 0 Å². The van der Waals surface area contributed by atoms with Gasteiger partial charge in [0.25, 0.3) is 0 Å². The Kier molecular flexibility index (Phi) is 3.84. The molecule has 0 unspecified atom stereocenters. The van der Waals surface area contributed by atoms with Crippen molar-refractivity contribution in [3.63, 3.8) is 0 Å². The molecule has 0 radical (unpaired) electrons. The van der Waals surface area contributed by atoms with Gasteiger partial charge in [-0.2, -0.15) is 15.8 Å². The summed E-state index contributed by atoms with van der Waals surface area (Å²) in [6.07, 6.45) is 0. The Balaban J connectivity index is 3.79. The average Bonchev–Trinajstić information content (AvgIpc) is 2.41. The van der Waals surface area contributed by atoms with Gasteiger partial charge in [-0.3, -0.25) is 5.41 Å². The van der Waals surface area contributed by atoms with E-state index >= 15 is 0 Å². The smallest absolute Gasteiger partial charge is 0.172 e. The Bertz CT molecular complexity index is 648. The van der Waals surface area contributed by atoms with Gasteiger partial charge in [0.05, 0.1) is 23.3 Å². The van der Waals surface area contributed by atoms with Crippen molar-refractivity contribution in [3.05, 3.63) is 34.4 Å². The SMILES string of the molecule is N#CC(=N)c1c(F)c(F)c(C(C#N)C#N)c(F)c1F. The van der Waals surface area contributed by atoms with E-state index in [-0.39, 0.29) is 0 Å². The third kappa shape index (κ3) is 2.10. The zero-order valence-corrected chi connectivity index (χ0v) is 8.93. The summed E-state index contributed by atoms with van der Waals surface area (Å²) in [5.74, 6) is -9.97. The van der Waals surface area contributed by atoms with Crippen molar-refractivity contribution in [3.8, 4) is 18.2 Å². The van der Waals surface area contributed by atoms with Gasteiger partial charge < -0.3 is 0 Å². The molecule has 0 bridgehead atoms. The summed E-state index contributed by atoms with van der Waals surface area (Å²) in [6, 6.07) is 3.38. The van der Waals surface area contributed by atoms with Gasteiger partial charge in [-0.25, -0.2) is 17.6 Å². The third-order valence-electron chi connectivity index (χ3n) is 2.21. The molecule has 19 heavy (non-hydrogen) atoms. The van der Waals surface area contributed by atoms with Crippen LogP contribution >= 0.6 is 0 Å². The van der Waals surface area contributed by atoms with Crippen LogP contribution in [0.4, 0.5) is 17.6 Å². The maximum Gasteiger partial charge on any atom is 0.172 e. The molecular formula is C11H2F4N4. The first-order valence-corrected chi connectivity index (χ1v) is 4.54. The van der Waals surface area contributed by atoms with Crippen LogP contribution < -0.4 is 0 Å². The quantitative estimate of drug-likeness (QED) is 0.505. The van der Waals surface area contributed by atoms with E-state index in [1.54, 1.807) is 0 Å². The highest BCUT2D eigenvalue weighted by Gasteiger charge is 2.31. The van der Waals surface area contributed by atoms with Gasteiger partial charge in [-0.15, -0.1) is 0 Å². The fourth-order valence-electron chi connectivity index (χ4n) is 1.34. The first-order chi connectivity index (χ1) is 8.90. The fraction of sp³-hybridized carbons (Fsp3) is 0.0909. The normalized spacial score (nSPS) is 9.58. The summed E-state index contributed by atoms with van der Waals surface area (Å²) >= 11 is 0. The van der Waals surface area contributed by atoms with Crippen molar-refractivity contribution in [1.29, 1.82) is 21.2 Å². The number of nitrogens with zero attached hydrogens (tertiary/aromatic N) is 3. The maximum absolute atomic E-state index is 13.5. The number of benzene rings is 1. The van der Waals surface area contributed by atoms with Crippen molar-refractivity contribution in [1.82, 2.24) is 0 Å². The summed E-state index contributed by atoms with van der Waals surface area (Å²) in [5.41, 5.74) is -4.17. The number of hydrogen-bond acceptors (Lipinski definition) is 4. The molecule has 0 amide bonds. The first-order valence-electron chi connectivity index (χ1n) is 4.54. The van der Waals surface area contributed by atoms with E-state index in [1.807, 2.05) is 0 Å². The minimum Gasteiger partial charge on any atom is -0.289 e. The second-order valence-corrected chi connectivity index (χ2v) is 3.22. The molecule has 0 aliphatic heterocycles. The molecule has 0 atom stereocenters. The predicted octanol–water partition coefficient (Wildman–Crippen LogP) is 2.27. The molecule has 0 saturated heterocycles. The lowest BCUT2D eigenvalue weighted by Crippen LogP contribution is -2.14. The van der Waals surface area contributed by atoms with Crippen LogP contribution in [0.1, 0.15) is 17.0 Å². The molecule has 94 valence electrons. The summed E-state index contributed by atoms with van der Waals surface area (Å²) in [4.78, 5) is 0. The van der Waals surface area contributed by atoms with E-state index in [9.17, 15) is 17.6 Å². The molecule has 0 aliphatic rings. The van der Waals surface area contributed by atoms with Gasteiger partial charge in [-0.1, -0.05) is 0 Å². The van der Waals surface area contributed by atoms with Crippen LogP contribution in [0.3, 0.4) is 0 Å². The van der Waals surface area contributed by atoms with Gasteiger partial charge in [0.15, 0.2) is 29.2 Å². The maximum atomic E-state index is 13.5. The van der Waals surface area contributed by atoms with E-state index in [0.29, 0.717) is 0 Å². The number of nitrogens with one attached hydrogen (secondary N) is 1. The second-order valence-electron chi connectivity index (χ2n) is 3.22. The van der Waals surface area contributed by atoms with Crippen LogP contribution in [-0.4, -0.2) is 5.71 Å². The number of hydrogen-bond donors (Lipinski definition) is 1. The van der Waals surface area contributed by atoms with Crippen LogP contribution in [0, 0.1) is 62.7 Å². The minimum absolute atomic E-state index is 1.03. The van der Waals surface area contributed by atoms with Crippen LogP contribution in [0.5, 0.6) is 0 Å². The zero-order chi connectivity index (χ0) is 14.7. The largest absolute Gasteiger partial charge is 0.289 e. The van der Waals surface area contributed by atoms with Crippen molar-refractivity contribution in [2.45, 2.75) is 5.92 Å². The lowest BCUT2D eigenvalue weighted by Gasteiger charge is -2.10. The lowest BCUT2D eigenvalue weighted by atomic mass is 9.96. The topological polar surface area (TPSA) is 95.2 Å². The van der Waals surface area contributed by atoms with Crippen molar-refractivity contribution < 1.29 is 17.6 Å². The average molecular weight is 266 g/mol. The highest BCUT2D eigenvalue weighted by molar-refractivity contribution is 6.09. The monoisotopic (exact) mass is 266 g/mol.